The number of nitrogens with one attached hydrogen (secondary N) is 1. The van der Waals surface area contributed by atoms with Crippen LogP contribution in [-0.4, -0.2) is 23.9 Å². The Morgan fingerprint density at radius 2 is 1.94 bits per heavy atom. The maximum atomic E-state index is 12.4. The maximum absolute atomic E-state index is 12.4. The Bertz CT molecular complexity index is 404. The summed E-state index contributed by atoms with van der Waals surface area (Å²) in [5, 5.41) is 0. The Hall–Kier alpha value is -1.55. The number of nitrogen functional groups attached to an aromatic ring is 1. The van der Waals surface area contributed by atoms with Crippen molar-refractivity contribution in [3.05, 3.63) is 29.8 Å². The van der Waals surface area contributed by atoms with E-state index in [9.17, 15) is 4.79 Å². The van der Waals surface area contributed by atoms with Gasteiger partial charge in [0.1, 0.15) is 0 Å². The second kappa shape index (κ2) is 6.40. The summed E-state index contributed by atoms with van der Waals surface area (Å²) in [5.41, 5.74) is 3.83. The molecule has 0 saturated carbocycles. The van der Waals surface area contributed by atoms with E-state index in [0.717, 1.165) is 6.42 Å². The minimum atomic E-state index is -0.00306. The van der Waals surface area contributed by atoms with Crippen LogP contribution in [0.3, 0.4) is 0 Å². The van der Waals surface area contributed by atoms with Gasteiger partial charge in [-0.05, 0) is 31.4 Å². The molecule has 0 fully saturated rings. The largest absolute Gasteiger partial charge is 0.339 e. The van der Waals surface area contributed by atoms with E-state index in [1.807, 2.05) is 19.2 Å². The van der Waals surface area contributed by atoms with Crippen molar-refractivity contribution in [2.24, 2.45) is 11.8 Å². The highest BCUT2D eigenvalue weighted by Gasteiger charge is 2.20. The van der Waals surface area contributed by atoms with Crippen LogP contribution in [0, 0.1) is 5.92 Å². The van der Waals surface area contributed by atoms with Crippen molar-refractivity contribution in [1.29, 1.82) is 0 Å². The van der Waals surface area contributed by atoms with Gasteiger partial charge in [-0.15, -0.1) is 0 Å². The normalized spacial score (nSPS) is 12.3. The van der Waals surface area contributed by atoms with Crippen LogP contribution >= 0.6 is 0 Å². The van der Waals surface area contributed by atoms with Crippen LogP contribution in [0.25, 0.3) is 0 Å². The molecule has 0 spiro atoms. The first kappa shape index (κ1) is 14.5. The van der Waals surface area contributed by atoms with E-state index in [-0.39, 0.29) is 11.9 Å². The Kier molecular flexibility index (Phi) is 5.16. The van der Waals surface area contributed by atoms with Gasteiger partial charge in [-0.3, -0.25) is 10.6 Å². The van der Waals surface area contributed by atoms with Crippen molar-refractivity contribution >= 4 is 11.6 Å². The van der Waals surface area contributed by atoms with Crippen molar-refractivity contribution in [2.45, 2.75) is 33.2 Å². The number of hydrogen-bond donors (Lipinski definition) is 2. The summed E-state index contributed by atoms with van der Waals surface area (Å²) >= 11 is 0. The third-order valence-electron chi connectivity index (χ3n) is 3.11. The molecule has 0 aliphatic heterocycles. The van der Waals surface area contributed by atoms with Crippen molar-refractivity contribution in [3.63, 3.8) is 0 Å². The number of rotatable bonds is 5. The molecule has 0 aliphatic rings. The summed E-state index contributed by atoms with van der Waals surface area (Å²) in [6.45, 7) is 6.38. The van der Waals surface area contributed by atoms with E-state index in [2.05, 4.69) is 26.2 Å². The molecule has 0 aromatic heterocycles. The number of benzene rings is 1. The van der Waals surface area contributed by atoms with E-state index in [4.69, 9.17) is 5.84 Å². The van der Waals surface area contributed by atoms with Crippen LogP contribution in [-0.2, 0) is 0 Å². The highest BCUT2D eigenvalue weighted by Crippen LogP contribution is 2.18. The molecule has 1 amide bonds. The topological polar surface area (TPSA) is 58.4 Å². The lowest BCUT2D eigenvalue weighted by Crippen LogP contribution is -2.36. The van der Waals surface area contributed by atoms with E-state index < -0.39 is 0 Å². The first-order chi connectivity index (χ1) is 8.47. The number of hydrogen-bond acceptors (Lipinski definition) is 3. The molecule has 1 aromatic rings. The number of anilines is 1. The van der Waals surface area contributed by atoms with Gasteiger partial charge in [-0.1, -0.05) is 26.0 Å². The highest BCUT2D eigenvalue weighted by molar-refractivity contribution is 5.99. The first-order valence-corrected chi connectivity index (χ1v) is 6.30. The number of hydrazine groups is 1. The Balaban J connectivity index is 2.86. The summed E-state index contributed by atoms with van der Waals surface area (Å²) < 4.78 is 0. The first-order valence-electron chi connectivity index (χ1n) is 6.30. The molecule has 100 valence electrons. The molecular weight excluding hydrogens is 226 g/mol. The lowest BCUT2D eigenvalue weighted by molar-refractivity contribution is 0.0729. The summed E-state index contributed by atoms with van der Waals surface area (Å²) in [6, 6.07) is 7.49. The Morgan fingerprint density at radius 1 is 1.33 bits per heavy atom. The fourth-order valence-electron chi connectivity index (χ4n) is 2.03. The minimum Gasteiger partial charge on any atom is -0.339 e. The zero-order chi connectivity index (χ0) is 13.7. The summed E-state index contributed by atoms with van der Waals surface area (Å²) in [4.78, 5) is 14.2. The number of amides is 1. The van der Waals surface area contributed by atoms with Crippen LogP contribution in [0.2, 0.25) is 0 Å². The van der Waals surface area contributed by atoms with Crippen LogP contribution in [0.4, 0.5) is 5.69 Å². The van der Waals surface area contributed by atoms with E-state index >= 15 is 0 Å². The number of nitrogens with two attached hydrogens (primary N) is 1. The zero-order valence-electron chi connectivity index (χ0n) is 11.6. The van der Waals surface area contributed by atoms with Crippen molar-refractivity contribution in [3.8, 4) is 0 Å². The van der Waals surface area contributed by atoms with Crippen molar-refractivity contribution in [2.75, 3.05) is 12.5 Å². The van der Waals surface area contributed by atoms with E-state index in [1.165, 1.54) is 0 Å². The highest BCUT2D eigenvalue weighted by atomic mass is 16.2. The SMILES string of the molecule is CC(C)CC(C)N(C)C(=O)c1ccccc1NN. The third kappa shape index (κ3) is 3.47. The van der Waals surface area contributed by atoms with Crippen LogP contribution in [0.15, 0.2) is 24.3 Å². The van der Waals surface area contributed by atoms with Gasteiger partial charge in [-0.2, -0.15) is 0 Å². The number of para-hydroxylation sites is 1. The van der Waals surface area contributed by atoms with Crippen molar-refractivity contribution < 1.29 is 4.79 Å². The predicted molar refractivity (Wildman–Crippen MR) is 75.3 cm³/mol. The molecular formula is C14H23N3O. The van der Waals surface area contributed by atoms with Gasteiger partial charge in [0, 0.05) is 13.1 Å². The molecule has 0 bridgehead atoms. The summed E-state index contributed by atoms with van der Waals surface area (Å²) in [7, 11) is 1.84. The molecule has 1 rings (SSSR count). The number of carbonyl (C=O) groups excluding carboxylic acids is 1. The van der Waals surface area contributed by atoms with Crippen LogP contribution in [0.1, 0.15) is 37.6 Å². The standard InChI is InChI=1S/C14H23N3O/c1-10(2)9-11(3)17(4)14(18)12-7-5-6-8-13(12)16-15/h5-8,10-11,16H,9,15H2,1-4H3. The second-order valence-electron chi connectivity index (χ2n) is 5.08. The molecule has 4 nitrogen and oxygen atoms in total. The molecule has 18 heavy (non-hydrogen) atoms. The monoisotopic (exact) mass is 249 g/mol. The molecule has 0 radical (unpaired) electrons. The fraction of sp³-hybridized carbons (Fsp3) is 0.500. The van der Waals surface area contributed by atoms with Gasteiger partial charge < -0.3 is 10.3 Å². The lowest BCUT2D eigenvalue weighted by Gasteiger charge is -2.27. The minimum absolute atomic E-state index is 0.00306. The Labute approximate surface area is 109 Å². The predicted octanol–water partition coefficient (Wildman–Crippen LogP) is 2.48. The fourth-order valence-corrected chi connectivity index (χ4v) is 2.03. The quantitative estimate of drug-likeness (QED) is 0.622. The van der Waals surface area contributed by atoms with Crippen molar-refractivity contribution in [1.82, 2.24) is 4.90 Å². The van der Waals surface area contributed by atoms with Crippen LogP contribution in [0.5, 0.6) is 0 Å². The van der Waals surface area contributed by atoms with Gasteiger partial charge in [0.25, 0.3) is 5.91 Å². The summed E-state index contributed by atoms with van der Waals surface area (Å²) in [5.74, 6) is 5.99. The second-order valence-corrected chi connectivity index (χ2v) is 5.08. The van der Waals surface area contributed by atoms with Gasteiger partial charge in [0.05, 0.1) is 11.3 Å². The number of nitrogens with zero attached hydrogens (tertiary/aromatic N) is 1. The summed E-state index contributed by atoms with van der Waals surface area (Å²) in [6.07, 6.45) is 0.987. The molecule has 1 atom stereocenters. The molecule has 4 heteroatoms. The Morgan fingerprint density at radius 3 is 2.50 bits per heavy atom. The molecule has 1 aromatic carbocycles. The average molecular weight is 249 g/mol. The van der Waals surface area contributed by atoms with E-state index in [1.54, 1.807) is 17.0 Å². The molecule has 0 saturated heterocycles. The number of carbonyl (C=O) groups is 1. The third-order valence-corrected chi connectivity index (χ3v) is 3.11. The smallest absolute Gasteiger partial charge is 0.255 e. The van der Waals surface area contributed by atoms with Gasteiger partial charge in [0.2, 0.25) is 0 Å². The molecule has 0 aliphatic carbocycles. The molecule has 3 N–H and O–H groups in total. The van der Waals surface area contributed by atoms with Gasteiger partial charge in [0.15, 0.2) is 0 Å². The van der Waals surface area contributed by atoms with Crippen LogP contribution < -0.4 is 11.3 Å². The molecule has 0 heterocycles. The molecule has 1 unspecified atom stereocenters. The van der Waals surface area contributed by atoms with Gasteiger partial charge in [-0.25, -0.2) is 0 Å². The van der Waals surface area contributed by atoms with E-state index in [0.29, 0.717) is 17.2 Å². The maximum Gasteiger partial charge on any atom is 0.255 e. The lowest BCUT2D eigenvalue weighted by atomic mass is 10.0. The zero-order valence-corrected chi connectivity index (χ0v) is 11.6. The van der Waals surface area contributed by atoms with Gasteiger partial charge >= 0.3 is 0 Å². The average Bonchev–Trinajstić information content (AvgIpc) is 2.36.